The van der Waals surface area contributed by atoms with Gasteiger partial charge < -0.3 is 14.6 Å². The number of benzene rings is 1. The number of hydrogen-bond acceptors (Lipinski definition) is 4. The molecule has 0 spiro atoms. The molecule has 0 aromatic heterocycles. The van der Waals surface area contributed by atoms with E-state index in [2.05, 4.69) is 6.92 Å². The summed E-state index contributed by atoms with van der Waals surface area (Å²) in [4.78, 5) is 10.9. The number of aliphatic hydroxyl groups excluding tert-OH is 1. The zero-order valence-electron chi connectivity index (χ0n) is 12.3. The Bertz CT molecular complexity index is 403. The Hall–Kier alpha value is -1.55. The summed E-state index contributed by atoms with van der Waals surface area (Å²) >= 11 is 0. The van der Waals surface area contributed by atoms with Gasteiger partial charge in [-0.15, -0.1) is 0 Å². The largest absolute Gasteiger partial charge is 0.465 e. The standard InChI is InChI=1S/C16H24O4/c1-3-4-5-6-7-11-16(18)20-15-10-8-9-14(12-15)19-13(2)17/h8-10,12,16,18H,3-7,11H2,1-2H3. The van der Waals surface area contributed by atoms with Gasteiger partial charge in [-0.05, 0) is 18.6 Å². The Morgan fingerprint density at radius 1 is 1.20 bits per heavy atom. The molecule has 1 rings (SSSR count). The lowest BCUT2D eigenvalue weighted by molar-refractivity contribution is -0.131. The zero-order valence-corrected chi connectivity index (χ0v) is 12.3. The van der Waals surface area contributed by atoms with Gasteiger partial charge in [-0.3, -0.25) is 4.79 Å². The van der Waals surface area contributed by atoms with Crippen molar-refractivity contribution in [3.63, 3.8) is 0 Å². The Kier molecular flexibility index (Phi) is 7.73. The van der Waals surface area contributed by atoms with Gasteiger partial charge in [-0.25, -0.2) is 0 Å². The highest BCUT2D eigenvalue weighted by atomic mass is 16.6. The van der Waals surface area contributed by atoms with Crippen LogP contribution in [-0.4, -0.2) is 17.4 Å². The third kappa shape index (κ3) is 7.14. The van der Waals surface area contributed by atoms with Gasteiger partial charge in [0.2, 0.25) is 0 Å². The molecular weight excluding hydrogens is 256 g/mol. The summed E-state index contributed by atoms with van der Waals surface area (Å²) in [5, 5.41) is 9.80. The molecule has 1 unspecified atom stereocenters. The number of carbonyl (C=O) groups excluding carboxylic acids is 1. The van der Waals surface area contributed by atoms with Crippen LogP contribution in [0.15, 0.2) is 24.3 Å². The molecule has 4 nitrogen and oxygen atoms in total. The first-order valence-corrected chi connectivity index (χ1v) is 7.25. The van der Waals surface area contributed by atoms with Crippen molar-refractivity contribution in [1.29, 1.82) is 0 Å². The molecule has 0 saturated heterocycles. The summed E-state index contributed by atoms with van der Waals surface area (Å²) in [5.74, 6) is 0.550. The van der Waals surface area contributed by atoms with Crippen molar-refractivity contribution >= 4 is 5.97 Å². The van der Waals surface area contributed by atoms with Crippen molar-refractivity contribution in [2.45, 2.75) is 58.7 Å². The number of esters is 1. The van der Waals surface area contributed by atoms with Crippen molar-refractivity contribution in [1.82, 2.24) is 0 Å². The number of hydrogen-bond donors (Lipinski definition) is 1. The summed E-state index contributed by atoms with van der Waals surface area (Å²) in [6.07, 6.45) is 5.51. The second kappa shape index (κ2) is 9.37. The molecule has 1 atom stereocenters. The first-order valence-electron chi connectivity index (χ1n) is 7.25. The van der Waals surface area contributed by atoms with Crippen LogP contribution < -0.4 is 9.47 Å². The van der Waals surface area contributed by atoms with Crippen molar-refractivity contribution in [2.75, 3.05) is 0 Å². The maximum Gasteiger partial charge on any atom is 0.308 e. The van der Waals surface area contributed by atoms with Crippen LogP contribution in [0.25, 0.3) is 0 Å². The van der Waals surface area contributed by atoms with E-state index in [1.54, 1.807) is 24.3 Å². The summed E-state index contributed by atoms with van der Waals surface area (Å²) in [6, 6.07) is 6.72. The Balaban J connectivity index is 2.33. The van der Waals surface area contributed by atoms with Crippen LogP contribution in [0.3, 0.4) is 0 Å². The van der Waals surface area contributed by atoms with E-state index in [1.807, 2.05) is 0 Å². The summed E-state index contributed by atoms with van der Waals surface area (Å²) in [7, 11) is 0. The fraction of sp³-hybridized carbons (Fsp3) is 0.562. The van der Waals surface area contributed by atoms with Crippen LogP contribution in [0.2, 0.25) is 0 Å². The van der Waals surface area contributed by atoms with Crippen molar-refractivity contribution < 1.29 is 19.4 Å². The summed E-state index contributed by atoms with van der Waals surface area (Å²) in [5.41, 5.74) is 0. The van der Waals surface area contributed by atoms with E-state index in [1.165, 1.54) is 26.2 Å². The maximum atomic E-state index is 10.9. The predicted octanol–water partition coefficient (Wildman–Crippen LogP) is 3.67. The fourth-order valence-electron chi connectivity index (χ4n) is 1.92. The number of carbonyl (C=O) groups is 1. The van der Waals surface area contributed by atoms with E-state index < -0.39 is 6.29 Å². The minimum Gasteiger partial charge on any atom is -0.465 e. The van der Waals surface area contributed by atoms with Crippen molar-refractivity contribution in [3.05, 3.63) is 24.3 Å². The van der Waals surface area contributed by atoms with Gasteiger partial charge in [0.15, 0.2) is 6.29 Å². The minimum absolute atomic E-state index is 0.376. The number of unbranched alkanes of at least 4 members (excludes halogenated alkanes) is 4. The molecule has 0 radical (unpaired) electrons. The summed E-state index contributed by atoms with van der Waals surface area (Å²) in [6.45, 7) is 3.52. The van der Waals surface area contributed by atoms with Crippen molar-refractivity contribution in [2.24, 2.45) is 0 Å². The predicted molar refractivity (Wildman–Crippen MR) is 77.8 cm³/mol. The molecule has 4 heteroatoms. The van der Waals surface area contributed by atoms with E-state index in [4.69, 9.17) is 9.47 Å². The monoisotopic (exact) mass is 280 g/mol. The molecule has 1 N–H and O–H groups in total. The molecule has 0 aliphatic heterocycles. The highest BCUT2D eigenvalue weighted by Gasteiger charge is 2.07. The Morgan fingerprint density at radius 2 is 1.90 bits per heavy atom. The molecule has 0 amide bonds. The SMILES string of the molecule is CCCCCCCC(O)Oc1cccc(OC(C)=O)c1. The van der Waals surface area contributed by atoms with E-state index >= 15 is 0 Å². The zero-order chi connectivity index (χ0) is 14.8. The van der Waals surface area contributed by atoms with E-state index in [0.29, 0.717) is 17.9 Å². The van der Waals surface area contributed by atoms with E-state index in [-0.39, 0.29) is 5.97 Å². The van der Waals surface area contributed by atoms with Gasteiger partial charge >= 0.3 is 5.97 Å². The average molecular weight is 280 g/mol. The van der Waals surface area contributed by atoms with Gasteiger partial charge in [0.1, 0.15) is 11.5 Å². The second-order valence-corrected chi connectivity index (χ2v) is 4.84. The number of rotatable bonds is 9. The van der Waals surface area contributed by atoms with Crippen LogP contribution in [0.5, 0.6) is 11.5 Å². The average Bonchev–Trinajstić information content (AvgIpc) is 2.38. The lowest BCUT2D eigenvalue weighted by Gasteiger charge is -2.14. The quantitative estimate of drug-likeness (QED) is 0.324. The Labute approximate surface area is 120 Å². The third-order valence-electron chi connectivity index (χ3n) is 2.89. The van der Waals surface area contributed by atoms with Crippen molar-refractivity contribution in [3.8, 4) is 11.5 Å². The van der Waals surface area contributed by atoms with Gasteiger partial charge in [-0.1, -0.05) is 38.7 Å². The van der Waals surface area contributed by atoms with Gasteiger partial charge in [0.05, 0.1) is 0 Å². The molecule has 1 aromatic carbocycles. The molecule has 0 heterocycles. The smallest absolute Gasteiger partial charge is 0.308 e. The maximum absolute atomic E-state index is 10.9. The first kappa shape index (κ1) is 16.5. The normalized spacial score (nSPS) is 11.9. The van der Waals surface area contributed by atoms with Crippen LogP contribution >= 0.6 is 0 Å². The van der Waals surface area contributed by atoms with Gasteiger partial charge in [0, 0.05) is 19.4 Å². The van der Waals surface area contributed by atoms with E-state index in [9.17, 15) is 9.90 Å². The molecule has 0 fully saturated rings. The van der Waals surface area contributed by atoms with Crippen LogP contribution in [0, 0.1) is 0 Å². The van der Waals surface area contributed by atoms with Crippen LogP contribution in [-0.2, 0) is 4.79 Å². The number of aliphatic hydroxyl groups is 1. The first-order chi connectivity index (χ1) is 9.61. The Morgan fingerprint density at radius 3 is 2.60 bits per heavy atom. The lowest BCUT2D eigenvalue weighted by Crippen LogP contribution is -2.15. The molecule has 0 aliphatic carbocycles. The van der Waals surface area contributed by atoms with E-state index in [0.717, 1.165) is 12.8 Å². The molecule has 1 aromatic rings. The highest BCUT2D eigenvalue weighted by molar-refractivity contribution is 5.69. The molecule has 112 valence electrons. The molecular formula is C16H24O4. The van der Waals surface area contributed by atoms with Gasteiger partial charge in [-0.2, -0.15) is 0 Å². The highest BCUT2D eigenvalue weighted by Crippen LogP contribution is 2.21. The van der Waals surface area contributed by atoms with Crippen LogP contribution in [0.4, 0.5) is 0 Å². The molecule has 0 aliphatic rings. The molecule has 0 bridgehead atoms. The topological polar surface area (TPSA) is 55.8 Å². The third-order valence-corrected chi connectivity index (χ3v) is 2.89. The van der Waals surface area contributed by atoms with Crippen LogP contribution in [0.1, 0.15) is 52.4 Å². The van der Waals surface area contributed by atoms with Gasteiger partial charge in [0.25, 0.3) is 0 Å². The molecule has 0 saturated carbocycles. The lowest BCUT2D eigenvalue weighted by atomic mass is 10.1. The second-order valence-electron chi connectivity index (χ2n) is 4.84. The number of ether oxygens (including phenoxy) is 2. The molecule has 20 heavy (non-hydrogen) atoms. The summed E-state index contributed by atoms with van der Waals surface area (Å²) < 4.78 is 10.4. The fourth-order valence-corrected chi connectivity index (χ4v) is 1.92. The minimum atomic E-state index is -0.816.